The lowest BCUT2D eigenvalue weighted by Gasteiger charge is -2.22. The molecule has 126 valence electrons. The number of hydrogen-bond acceptors (Lipinski definition) is 4. The molecule has 1 N–H and O–H groups in total. The number of anilines is 2. The highest BCUT2D eigenvalue weighted by molar-refractivity contribution is 5.91. The average molecular weight is 330 g/mol. The molecule has 3 rings (SSSR count). The molecule has 2 aromatic carbocycles. The standard InChI is InChI=1S/C18H19FN2O3/c1-2-21(15-6-3-13(19)4-7-15)10-9-18(22)20-14-5-8-16-17(11-14)24-12-23-16/h3-8,11H,2,9-10,12H2,1H3,(H,20,22). The van der Waals surface area contributed by atoms with E-state index >= 15 is 0 Å². The fourth-order valence-electron chi connectivity index (χ4n) is 2.56. The molecule has 0 saturated carbocycles. The van der Waals surface area contributed by atoms with E-state index in [4.69, 9.17) is 9.47 Å². The van der Waals surface area contributed by atoms with Crippen molar-refractivity contribution in [1.82, 2.24) is 0 Å². The van der Waals surface area contributed by atoms with E-state index in [9.17, 15) is 9.18 Å². The smallest absolute Gasteiger partial charge is 0.231 e. The minimum Gasteiger partial charge on any atom is -0.454 e. The van der Waals surface area contributed by atoms with Gasteiger partial charge in [-0.1, -0.05) is 0 Å². The highest BCUT2D eigenvalue weighted by Crippen LogP contribution is 2.34. The predicted octanol–water partition coefficient (Wildman–Crippen LogP) is 3.41. The van der Waals surface area contributed by atoms with Crippen LogP contribution in [-0.4, -0.2) is 25.8 Å². The first-order valence-electron chi connectivity index (χ1n) is 7.85. The van der Waals surface area contributed by atoms with Crippen LogP contribution in [0.4, 0.5) is 15.8 Å². The van der Waals surface area contributed by atoms with Crippen LogP contribution in [0, 0.1) is 5.82 Å². The normalized spacial score (nSPS) is 12.1. The minimum atomic E-state index is -0.268. The van der Waals surface area contributed by atoms with Gasteiger partial charge in [-0.25, -0.2) is 4.39 Å². The lowest BCUT2D eigenvalue weighted by molar-refractivity contribution is -0.116. The second-order valence-electron chi connectivity index (χ2n) is 5.42. The van der Waals surface area contributed by atoms with Crippen LogP contribution in [0.15, 0.2) is 42.5 Å². The van der Waals surface area contributed by atoms with Gasteiger partial charge in [0.15, 0.2) is 11.5 Å². The summed E-state index contributed by atoms with van der Waals surface area (Å²) in [6, 6.07) is 11.6. The van der Waals surface area contributed by atoms with Gasteiger partial charge in [0.05, 0.1) is 0 Å². The number of rotatable bonds is 6. The van der Waals surface area contributed by atoms with Crippen LogP contribution in [-0.2, 0) is 4.79 Å². The van der Waals surface area contributed by atoms with Crippen molar-refractivity contribution >= 4 is 17.3 Å². The summed E-state index contributed by atoms with van der Waals surface area (Å²) in [7, 11) is 0. The summed E-state index contributed by atoms with van der Waals surface area (Å²) in [6.07, 6.45) is 0.333. The zero-order valence-electron chi connectivity index (χ0n) is 13.4. The van der Waals surface area contributed by atoms with Gasteiger partial charge in [0.1, 0.15) is 5.82 Å². The Balaban J connectivity index is 1.55. The summed E-state index contributed by atoms with van der Waals surface area (Å²) in [4.78, 5) is 14.2. The SMILES string of the molecule is CCN(CCC(=O)Nc1ccc2c(c1)OCO2)c1ccc(F)cc1. The molecule has 1 aliphatic heterocycles. The quantitative estimate of drug-likeness (QED) is 0.882. The van der Waals surface area contributed by atoms with E-state index < -0.39 is 0 Å². The van der Waals surface area contributed by atoms with Gasteiger partial charge in [-0.05, 0) is 43.3 Å². The van der Waals surface area contributed by atoms with E-state index in [0.717, 1.165) is 12.2 Å². The number of carbonyl (C=O) groups is 1. The second-order valence-corrected chi connectivity index (χ2v) is 5.42. The van der Waals surface area contributed by atoms with Gasteiger partial charge in [0.2, 0.25) is 12.7 Å². The summed E-state index contributed by atoms with van der Waals surface area (Å²) in [5.41, 5.74) is 1.57. The highest BCUT2D eigenvalue weighted by atomic mass is 19.1. The summed E-state index contributed by atoms with van der Waals surface area (Å²) in [6.45, 7) is 3.50. The number of nitrogens with zero attached hydrogens (tertiary/aromatic N) is 1. The van der Waals surface area contributed by atoms with Crippen LogP contribution in [0.1, 0.15) is 13.3 Å². The molecular weight excluding hydrogens is 311 g/mol. The summed E-state index contributed by atoms with van der Waals surface area (Å²) in [5.74, 6) is 0.959. The zero-order chi connectivity index (χ0) is 16.9. The topological polar surface area (TPSA) is 50.8 Å². The first-order valence-corrected chi connectivity index (χ1v) is 7.85. The van der Waals surface area contributed by atoms with E-state index in [1.807, 2.05) is 11.8 Å². The van der Waals surface area contributed by atoms with Crippen LogP contribution < -0.4 is 19.7 Å². The van der Waals surface area contributed by atoms with E-state index in [0.29, 0.717) is 30.2 Å². The lowest BCUT2D eigenvalue weighted by Crippen LogP contribution is -2.27. The summed E-state index contributed by atoms with van der Waals surface area (Å²) >= 11 is 0. The maximum Gasteiger partial charge on any atom is 0.231 e. The fourth-order valence-corrected chi connectivity index (χ4v) is 2.56. The molecule has 6 heteroatoms. The second kappa shape index (κ2) is 7.21. The van der Waals surface area contributed by atoms with Gasteiger partial charge in [-0.3, -0.25) is 4.79 Å². The van der Waals surface area contributed by atoms with Gasteiger partial charge in [-0.15, -0.1) is 0 Å². The van der Waals surface area contributed by atoms with Crippen LogP contribution in [0.2, 0.25) is 0 Å². The van der Waals surface area contributed by atoms with Gasteiger partial charge < -0.3 is 19.7 Å². The van der Waals surface area contributed by atoms with Crippen molar-refractivity contribution in [3.05, 3.63) is 48.3 Å². The molecule has 0 aliphatic carbocycles. The molecule has 0 unspecified atom stereocenters. The Kier molecular flexibility index (Phi) is 4.84. The molecule has 0 atom stereocenters. The lowest BCUT2D eigenvalue weighted by atomic mass is 10.2. The monoisotopic (exact) mass is 330 g/mol. The number of hydrogen-bond donors (Lipinski definition) is 1. The van der Waals surface area contributed by atoms with E-state index in [1.54, 1.807) is 30.3 Å². The van der Waals surface area contributed by atoms with Crippen molar-refractivity contribution in [1.29, 1.82) is 0 Å². The van der Waals surface area contributed by atoms with Crippen molar-refractivity contribution < 1.29 is 18.7 Å². The van der Waals surface area contributed by atoms with Crippen molar-refractivity contribution in [2.24, 2.45) is 0 Å². The molecule has 0 spiro atoms. The van der Waals surface area contributed by atoms with Crippen LogP contribution >= 0.6 is 0 Å². The van der Waals surface area contributed by atoms with Crippen LogP contribution in [0.25, 0.3) is 0 Å². The Labute approximate surface area is 140 Å². The van der Waals surface area contributed by atoms with E-state index in [1.165, 1.54) is 12.1 Å². The average Bonchev–Trinajstić information content (AvgIpc) is 3.04. The highest BCUT2D eigenvalue weighted by Gasteiger charge is 2.14. The maximum atomic E-state index is 13.0. The van der Waals surface area contributed by atoms with Crippen LogP contribution in [0.3, 0.4) is 0 Å². The number of amides is 1. The molecule has 2 aromatic rings. The van der Waals surface area contributed by atoms with Gasteiger partial charge >= 0.3 is 0 Å². The van der Waals surface area contributed by atoms with Gasteiger partial charge in [-0.2, -0.15) is 0 Å². The fraction of sp³-hybridized carbons (Fsp3) is 0.278. The largest absolute Gasteiger partial charge is 0.454 e. The number of carbonyl (C=O) groups excluding carboxylic acids is 1. The third kappa shape index (κ3) is 3.76. The molecule has 0 saturated heterocycles. The van der Waals surface area contributed by atoms with Crippen LogP contribution in [0.5, 0.6) is 11.5 Å². The van der Waals surface area contributed by atoms with Gasteiger partial charge in [0.25, 0.3) is 0 Å². The Morgan fingerprint density at radius 3 is 2.67 bits per heavy atom. The molecule has 0 aromatic heterocycles. The molecule has 5 nitrogen and oxygen atoms in total. The third-order valence-corrected chi connectivity index (χ3v) is 3.84. The van der Waals surface area contributed by atoms with Crippen molar-refractivity contribution in [3.63, 3.8) is 0 Å². The number of nitrogens with one attached hydrogen (secondary N) is 1. The molecule has 1 aliphatic rings. The van der Waals surface area contributed by atoms with E-state index in [2.05, 4.69) is 5.32 Å². The molecule has 1 amide bonds. The molecular formula is C18H19FN2O3. The summed E-state index contributed by atoms with van der Waals surface area (Å²) < 4.78 is 23.5. The first kappa shape index (κ1) is 16.1. The Hall–Kier alpha value is -2.76. The summed E-state index contributed by atoms with van der Waals surface area (Å²) in [5, 5.41) is 2.85. The molecule has 1 heterocycles. The third-order valence-electron chi connectivity index (χ3n) is 3.84. The number of fused-ring (bicyclic) bond motifs is 1. The molecule has 0 bridgehead atoms. The molecule has 0 radical (unpaired) electrons. The Morgan fingerprint density at radius 1 is 1.17 bits per heavy atom. The number of benzene rings is 2. The number of ether oxygens (including phenoxy) is 2. The van der Waals surface area contributed by atoms with Gasteiger partial charge in [0, 0.05) is 37.0 Å². The Bertz CT molecular complexity index is 719. The predicted molar refractivity (Wildman–Crippen MR) is 90.1 cm³/mol. The van der Waals surface area contributed by atoms with Crippen molar-refractivity contribution in [2.45, 2.75) is 13.3 Å². The first-order chi connectivity index (χ1) is 11.7. The number of halogens is 1. The zero-order valence-corrected chi connectivity index (χ0v) is 13.4. The Morgan fingerprint density at radius 2 is 1.92 bits per heavy atom. The molecule has 0 fully saturated rings. The minimum absolute atomic E-state index is 0.0885. The molecule has 24 heavy (non-hydrogen) atoms. The van der Waals surface area contributed by atoms with E-state index in [-0.39, 0.29) is 18.5 Å². The van der Waals surface area contributed by atoms with Crippen molar-refractivity contribution in [3.8, 4) is 11.5 Å². The van der Waals surface area contributed by atoms with Crippen molar-refractivity contribution in [2.75, 3.05) is 30.1 Å². The maximum absolute atomic E-state index is 13.0.